The fourth-order valence-corrected chi connectivity index (χ4v) is 5.68. The SMILES string of the molecule is CN(C)C(=O)N1CCN(Cc2ccc(Cl)cc2)[C@@H]2CS(=O)(=O)C[C@@H]21. The second-order valence-electron chi connectivity index (χ2n) is 6.68. The molecule has 2 fully saturated rings. The lowest BCUT2D eigenvalue weighted by molar-refractivity contribution is 0.0521. The van der Waals surface area contributed by atoms with E-state index in [4.69, 9.17) is 11.6 Å². The number of nitrogens with zero attached hydrogens (tertiary/aromatic N) is 3. The third-order valence-electron chi connectivity index (χ3n) is 4.72. The molecule has 1 aromatic rings. The van der Waals surface area contributed by atoms with Gasteiger partial charge in [-0.1, -0.05) is 23.7 Å². The fraction of sp³-hybridized carbons (Fsp3) is 0.562. The lowest BCUT2D eigenvalue weighted by Crippen LogP contribution is -2.61. The van der Waals surface area contributed by atoms with Crippen LogP contribution in [0.15, 0.2) is 24.3 Å². The molecule has 24 heavy (non-hydrogen) atoms. The topological polar surface area (TPSA) is 60.9 Å². The Morgan fingerprint density at radius 1 is 1.17 bits per heavy atom. The zero-order valence-corrected chi connectivity index (χ0v) is 15.4. The van der Waals surface area contributed by atoms with Crippen LogP contribution in [0.2, 0.25) is 5.02 Å². The van der Waals surface area contributed by atoms with Crippen molar-refractivity contribution in [1.82, 2.24) is 14.7 Å². The minimum Gasteiger partial charge on any atom is -0.331 e. The average molecular weight is 372 g/mol. The van der Waals surface area contributed by atoms with Gasteiger partial charge in [-0.25, -0.2) is 13.2 Å². The number of piperazine rings is 1. The normalized spacial score (nSPS) is 26.2. The standard InChI is InChI=1S/C16H22ClN3O3S/c1-18(2)16(21)20-8-7-19(9-12-3-5-13(17)6-4-12)14-10-24(22,23)11-15(14)20/h3-6,14-15H,7-11H2,1-2H3/t14-,15+/m1/s1. The number of halogens is 1. The number of urea groups is 1. The molecule has 2 amide bonds. The Morgan fingerprint density at radius 2 is 1.79 bits per heavy atom. The van der Waals surface area contributed by atoms with Gasteiger partial charge in [0, 0.05) is 44.8 Å². The summed E-state index contributed by atoms with van der Waals surface area (Å²) in [7, 11) is 0.263. The number of carbonyl (C=O) groups is 1. The maximum Gasteiger partial charge on any atom is 0.319 e. The van der Waals surface area contributed by atoms with E-state index in [1.165, 1.54) is 4.90 Å². The van der Waals surface area contributed by atoms with Crippen LogP contribution >= 0.6 is 11.6 Å². The number of benzene rings is 1. The zero-order valence-electron chi connectivity index (χ0n) is 13.9. The first kappa shape index (κ1) is 17.5. The van der Waals surface area contributed by atoms with Crippen LogP contribution in [0.3, 0.4) is 0 Å². The van der Waals surface area contributed by atoms with Gasteiger partial charge in [-0.15, -0.1) is 0 Å². The lowest BCUT2D eigenvalue weighted by Gasteiger charge is -2.44. The van der Waals surface area contributed by atoms with Crippen molar-refractivity contribution in [2.75, 3.05) is 38.7 Å². The number of rotatable bonds is 2. The highest BCUT2D eigenvalue weighted by Gasteiger charge is 2.48. The molecule has 132 valence electrons. The number of sulfone groups is 1. The molecule has 0 bridgehead atoms. The molecule has 2 heterocycles. The molecule has 0 saturated carbocycles. The summed E-state index contributed by atoms with van der Waals surface area (Å²) in [6.45, 7) is 1.87. The van der Waals surface area contributed by atoms with Crippen molar-refractivity contribution in [2.45, 2.75) is 18.6 Å². The van der Waals surface area contributed by atoms with Crippen molar-refractivity contribution < 1.29 is 13.2 Å². The molecule has 2 aliphatic rings. The number of hydrogen-bond donors (Lipinski definition) is 0. The van der Waals surface area contributed by atoms with Gasteiger partial charge in [0.2, 0.25) is 0 Å². The number of fused-ring (bicyclic) bond motifs is 1. The average Bonchev–Trinajstić information content (AvgIpc) is 2.84. The van der Waals surface area contributed by atoms with Crippen LogP contribution < -0.4 is 0 Å². The van der Waals surface area contributed by atoms with Crippen LogP contribution in [-0.4, -0.2) is 79.9 Å². The molecule has 0 radical (unpaired) electrons. The maximum atomic E-state index is 12.4. The summed E-state index contributed by atoms with van der Waals surface area (Å²) in [6, 6.07) is 7.05. The van der Waals surface area contributed by atoms with Crippen molar-refractivity contribution in [3.8, 4) is 0 Å². The summed E-state index contributed by atoms with van der Waals surface area (Å²) in [5, 5.41) is 0.682. The van der Waals surface area contributed by atoms with E-state index in [1.807, 2.05) is 24.3 Å². The third kappa shape index (κ3) is 3.53. The molecule has 2 aliphatic heterocycles. The molecule has 2 atom stereocenters. The van der Waals surface area contributed by atoms with E-state index in [1.54, 1.807) is 19.0 Å². The van der Waals surface area contributed by atoms with E-state index in [-0.39, 0.29) is 29.6 Å². The molecule has 6 nitrogen and oxygen atoms in total. The molecule has 3 rings (SSSR count). The first-order valence-electron chi connectivity index (χ1n) is 7.94. The summed E-state index contributed by atoms with van der Waals surface area (Å²) < 4.78 is 24.4. The molecule has 0 aliphatic carbocycles. The van der Waals surface area contributed by atoms with Gasteiger partial charge in [0.25, 0.3) is 0 Å². The predicted octanol–water partition coefficient (Wildman–Crippen LogP) is 1.30. The van der Waals surface area contributed by atoms with Crippen LogP contribution in [0.25, 0.3) is 0 Å². The maximum absolute atomic E-state index is 12.4. The molecular weight excluding hydrogens is 350 g/mol. The number of amides is 2. The van der Waals surface area contributed by atoms with E-state index in [0.29, 0.717) is 24.7 Å². The van der Waals surface area contributed by atoms with Gasteiger partial charge in [-0.3, -0.25) is 4.90 Å². The number of hydrogen-bond acceptors (Lipinski definition) is 4. The minimum absolute atomic E-state index is 0.0500. The largest absolute Gasteiger partial charge is 0.331 e. The quantitative estimate of drug-likeness (QED) is 0.786. The number of carbonyl (C=O) groups excluding carboxylic acids is 1. The van der Waals surface area contributed by atoms with Crippen LogP contribution in [0.5, 0.6) is 0 Å². The van der Waals surface area contributed by atoms with Crippen molar-refractivity contribution in [2.24, 2.45) is 0 Å². The third-order valence-corrected chi connectivity index (χ3v) is 6.67. The summed E-state index contributed by atoms with van der Waals surface area (Å²) in [5.41, 5.74) is 1.09. The minimum atomic E-state index is -3.13. The van der Waals surface area contributed by atoms with Crippen LogP contribution in [0.1, 0.15) is 5.56 Å². The second kappa shape index (κ2) is 6.54. The monoisotopic (exact) mass is 371 g/mol. The molecule has 0 aromatic heterocycles. The fourth-order valence-electron chi connectivity index (χ4n) is 3.54. The van der Waals surface area contributed by atoms with Crippen LogP contribution in [0.4, 0.5) is 4.79 Å². The van der Waals surface area contributed by atoms with E-state index < -0.39 is 9.84 Å². The van der Waals surface area contributed by atoms with Gasteiger partial charge in [-0.2, -0.15) is 0 Å². The summed E-state index contributed by atoms with van der Waals surface area (Å²) >= 11 is 5.92. The molecule has 8 heteroatoms. The van der Waals surface area contributed by atoms with Crippen molar-refractivity contribution in [3.63, 3.8) is 0 Å². The molecule has 2 saturated heterocycles. The van der Waals surface area contributed by atoms with E-state index in [2.05, 4.69) is 4.90 Å². The highest BCUT2D eigenvalue weighted by molar-refractivity contribution is 7.91. The summed E-state index contributed by atoms with van der Waals surface area (Å²) in [6.07, 6.45) is 0. The van der Waals surface area contributed by atoms with E-state index in [9.17, 15) is 13.2 Å². The Hall–Kier alpha value is -1.31. The van der Waals surface area contributed by atoms with Gasteiger partial charge in [0.15, 0.2) is 9.84 Å². The first-order valence-corrected chi connectivity index (χ1v) is 10.1. The summed E-state index contributed by atoms with van der Waals surface area (Å²) in [5.74, 6) is 0.164. The Morgan fingerprint density at radius 3 is 2.42 bits per heavy atom. The van der Waals surface area contributed by atoms with Gasteiger partial charge in [0.05, 0.1) is 17.5 Å². The van der Waals surface area contributed by atoms with Crippen LogP contribution in [0, 0.1) is 0 Å². The van der Waals surface area contributed by atoms with Crippen molar-refractivity contribution in [3.05, 3.63) is 34.9 Å². The Bertz CT molecular complexity index is 721. The lowest BCUT2D eigenvalue weighted by atomic mass is 10.0. The first-order chi connectivity index (χ1) is 11.3. The van der Waals surface area contributed by atoms with E-state index >= 15 is 0 Å². The smallest absolute Gasteiger partial charge is 0.319 e. The Kier molecular flexibility index (Phi) is 4.77. The Balaban J connectivity index is 1.81. The van der Waals surface area contributed by atoms with Gasteiger partial charge in [-0.05, 0) is 17.7 Å². The van der Waals surface area contributed by atoms with Crippen molar-refractivity contribution in [1.29, 1.82) is 0 Å². The molecule has 0 unspecified atom stereocenters. The zero-order chi connectivity index (χ0) is 17.5. The van der Waals surface area contributed by atoms with Crippen LogP contribution in [-0.2, 0) is 16.4 Å². The Labute approximate surface area is 147 Å². The molecule has 0 spiro atoms. The highest BCUT2D eigenvalue weighted by Crippen LogP contribution is 2.29. The second-order valence-corrected chi connectivity index (χ2v) is 9.27. The van der Waals surface area contributed by atoms with Gasteiger partial charge in [0.1, 0.15) is 0 Å². The molecule has 1 aromatic carbocycles. The van der Waals surface area contributed by atoms with Gasteiger partial charge >= 0.3 is 6.03 Å². The summed E-state index contributed by atoms with van der Waals surface area (Å²) in [4.78, 5) is 17.8. The molecule has 0 N–H and O–H groups in total. The van der Waals surface area contributed by atoms with Gasteiger partial charge < -0.3 is 9.80 Å². The highest BCUT2D eigenvalue weighted by atomic mass is 35.5. The van der Waals surface area contributed by atoms with Crippen molar-refractivity contribution >= 4 is 27.5 Å². The van der Waals surface area contributed by atoms with E-state index in [0.717, 1.165) is 5.56 Å². The molecular formula is C16H22ClN3O3S. The predicted molar refractivity (Wildman–Crippen MR) is 93.9 cm³/mol.